The molecule has 4 heteroatoms. The lowest BCUT2D eigenvalue weighted by Crippen LogP contribution is -2.31. The van der Waals surface area contributed by atoms with Crippen molar-refractivity contribution in [1.29, 1.82) is 0 Å². The van der Waals surface area contributed by atoms with Crippen LogP contribution in [-0.2, 0) is 15.1 Å². The summed E-state index contributed by atoms with van der Waals surface area (Å²) in [5.41, 5.74) is 4.08. The van der Waals surface area contributed by atoms with Crippen molar-refractivity contribution in [3.63, 3.8) is 0 Å². The quantitative estimate of drug-likeness (QED) is 0.843. The highest BCUT2D eigenvalue weighted by atomic mass is 16.5. The van der Waals surface area contributed by atoms with Gasteiger partial charge in [-0.25, -0.2) is 0 Å². The van der Waals surface area contributed by atoms with E-state index in [0.29, 0.717) is 5.76 Å². The van der Waals surface area contributed by atoms with Crippen LogP contribution in [0.2, 0.25) is 0 Å². The average molecular weight is 297 g/mol. The number of ketones is 1. The molecule has 0 bridgehead atoms. The van der Waals surface area contributed by atoms with E-state index in [1.807, 2.05) is 26.8 Å². The first-order chi connectivity index (χ1) is 10.4. The van der Waals surface area contributed by atoms with Gasteiger partial charge in [0.15, 0.2) is 11.3 Å². The summed E-state index contributed by atoms with van der Waals surface area (Å²) in [4.78, 5) is 16.8. The first-order valence-electron chi connectivity index (χ1n) is 7.19. The molecule has 0 aromatic heterocycles. The van der Waals surface area contributed by atoms with Crippen LogP contribution in [0.3, 0.4) is 0 Å². The molecule has 0 radical (unpaired) electrons. The molecule has 1 atom stereocenters. The smallest absolute Gasteiger partial charge is 0.182 e. The highest BCUT2D eigenvalue weighted by molar-refractivity contribution is 6.08. The Kier molecular flexibility index (Phi) is 3.20. The first-order valence-corrected chi connectivity index (χ1v) is 7.19. The van der Waals surface area contributed by atoms with Crippen LogP contribution in [0.4, 0.5) is 0 Å². The topological polar surface area (TPSA) is 47.9 Å². The molecular weight excluding hydrogens is 278 g/mol. The van der Waals surface area contributed by atoms with Gasteiger partial charge in [0, 0.05) is 22.9 Å². The number of methoxy groups -OCH3 is 2. The molecule has 1 aliphatic carbocycles. The van der Waals surface area contributed by atoms with E-state index in [9.17, 15) is 4.79 Å². The molecule has 0 amide bonds. The van der Waals surface area contributed by atoms with Crippen LogP contribution in [0, 0.1) is 6.92 Å². The maximum absolute atomic E-state index is 11.9. The zero-order chi connectivity index (χ0) is 16.1. The largest absolute Gasteiger partial charge is 0.498 e. The SMILES string of the molecule is COC1=CC(=O)C=C(C)[C@@]12N=C(C)c1cc(C)cc(OC)c12. The third kappa shape index (κ3) is 1.76. The summed E-state index contributed by atoms with van der Waals surface area (Å²) < 4.78 is 11.2. The Morgan fingerprint density at radius 3 is 2.41 bits per heavy atom. The average Bonchev–Trinajstić information content (AvgIpc) is 2.76. The summed E-state index contributed by atoms with van der Waals surface area (Å²) in [6.45, 7) is 5.92. The van der Waals surface area contributed by atoms with E-state index >= 15 is 0 Å². The summed E-state index contributed by atoms with van der Waals surface area (Å²) >= 11 is 0. The zero-order valence-electron chi connectivity index (χ0n) is 13.5. The molecule has 1 spiro atoms. The number of allylic oxidation sites excluding steroid dienone is 2. The lowest BCUT2D eigenvalue weighted by atomic mass is 9.77. The molecule has 0 saturated heterocycles. The first kappa shape index (κ1) is 14.6. The highest BCUT2D eigenvalue weighted by Crippen LogP contribution is 2.52. The molecule has 0 saturated carbocycles. The van der Waals surface area contributed by atoms with Gasteiger partial charge in [-0.2, -0.15) is 0 Å². The van der Waals surface area contributed by atoms with Crippen molar-refractivity contribution in [3.8, 4) is 5.75 Å². The second-order valence-corrected chi connectivity index (χ2v) is 5.74. The van der Waals surface area contributed by atoms with Crippen LogP contribution in [0.25, 0.3) is 0 Å². The number of hydrogen-bond acceptors (Lipinski definition) is 4. The van der Waals surface area contributed by atoms with Gasteiger partial charge in [-0.3, -0.25) is 9.79 Å². The van der Waals surface area contributed by atoms with Crippen molar-refractivity contribution < 1.29 is 14.3 Å². The second-order valence-electron chi connectivity index (χ2n) is 5.74. The standard InChI is InChI=1S/C18H19NO3/c1-10-6-14-12(3)19-18(17(14)15(7-10)21-4)11(2)8-13(20)9-16(18)22-5/h6-9H,1-5H3/t18-/m1/s1. The summed E-state index contributed by atoms with van der Waals surface area (Å²) in [6, 6.07) is 4.09. The monoisotopic (exact) mass is 297 g/mol. The Bertz CT molecular complexity index is 771. The van der Waals surface area contributed by atoms with Crippen LogP contribution in [0.1, 0.15) is 30.5 Å². The highest BCUT2D eigenvalue weighted by Gasteiger charge is 2.49. The molecule has 22 heavy (non-hydrogen) atoms. The van der Waals surface area contributed by atoms with Crippen molar-refractivity contribution in [1.82, 2.24) is 0 Å². The molecular formula is C18H19NO3. The number of aliphatic imine (C=N–C) groups is 1. The Labute approximate surface area is 130 Å². The van der Waals surface area contributed by atoms with Crippen molar-refractivity contribution in [2.45, 2.75) is 26.3 Å². The zero-order valence-corrected chi connectivity index (χ0v) is 13.5. The molecule has 1 aromatic rings. The number of nitrogens with zero attached hydrogens (tertiary/aromatic N) is 1. The minimum absolute atomic E-state index is 0.0765. The minimum Gasteiger partial charge on any atom is -0.498 e. The van der Waals surface area contributed by atoms with E-state index < -0.39 is 5.54 Å². The maximum Gasteiger partial charge on any atom is 0.182 e. The molecule has 1 aromatic carbocycles. The van der Waals surface area contributed by atoms with E-state index in [1.165, 1.54) is 6.08 Å². The molecule has 114 valence electrons. The van der Waals surface area contributed by atoms with Gasteiger partial charge in [-0.05, 0) is 50.1 Å². The molecule has 0 unspecified atom stereocenters. The maximum atomic E-state index is 11.9. The molecule has 4 nitrogen and oxygen atoms in total. The van der Waals surface area contributed by atoms with Crippen LogP contribution < -0.4 is 4.74 Å². The van der Waals surface area contributed by atoms with E-state index in [-0.39, 0.29) is 5.78 Å². The summed E-state index contributed by atoms with van der Waals surface area (Å²) in [5, 5.41) is 0. The van der Waals surface area contributed by atoms with Crippen molar-refractivity contribution >= 4 is 11.5 Å². The van der Waals surface area contributed by atoms with Gasteiger partial charge in [0.1, 0.15) is 11.5 Å². The van der Waals surface area contributed by atoms with Gasteiger partial charge < -0.3 is 9.47 Å². The van der Waals surface area contributed by atoms with E-state index in [0.717, 1.165) is 33.7 Å². The van der Waals surface area contributed by atoms with Crippen molar-refractivity contribution in [2.75, 3.05) is 14.2 Å². The molecule has 0 fully saturated rings. The second kappa shape index (κ2) is 4.83. The Hall–Kier alpha value is -2.36. The Balaban J connectivity index is 2.39. The van der Waals surface area contributed by atoms with E-state index in [1.54, 1.807) is 20.3 Å². The van der Waals surface area contributed by atoms with Crippen molar-refractivity contribution in [2.24, 2.45) is 4.99 Å². The lowest BCUT2D eigenvalue weighted by Gasteiger charge is -2.33. The lowest BCUT2D eigenvalue weighted by molar-refractivity contribution is -0.110. The summed E-state index contributed by atoms with van der Waals surface area (Å²) in [6.07, 6.45) is 3.13. The van der Waals surface area contributed by atoms with Crippen LogP contribution >= 0.6 is 0 Å². The van der Waals surface area contributed by atoms with Gasteiger partial charge in [0.25, 0.3) is 0 Å². The molecule has 1 aliphatic heterocycles. The van der Waals surface area contributed by atoms with Crippen LogP contribution in [0.5, 0.6) is 5.75 Å². The number of aryl methyl sites for hydroxylation is 1. The third-order valence-electron chi connectivity index (χ3n) is 4.33. The minimum atomic E-state index is -0.791. The Morgan fingerprint density at radius 2 is 1.77 bits per heavy atom. The third-order valence-corrected chi connectivity index (χ3v) is 4.33. The number of benzene rings is 1. The number of rotatable bonds is 2. The number of carbonyl (C=O) groups excluding carboxylic acids is 1. The predicted octanol–water partition coefficient (Wildman–Crippen LogP) is 3.08. The fourth-order valence-corrected chi connectivity index (χ4v) is 3.40. The van der Waals surface area contributed by atoms with Gasteiger partial charge >= 0.3 is 0 Å². The van der Waals surface area contributed by atoms with E-state index in [4.69, 9.17) is 14.5 Å². The van der Waals surface area contributed by atoms with Gasteiger partial charge in [0.2, 0.25) is 0 Å². The van der Waals surface area contributed by atoms with Crippen LogP contribution in [0.15, 0.2) is 40.6 Å². The fourth-order valence-electron chi connectivity index (χ4n) is 3.40. The fraction of sp³-hybridized carbons (Fsp3) is 0.333. The van der Waals surface area contributed by atoms with Crippen molar-refractivity contribution in [3.05, 3.63) is 52.3 Å². The normalized spacial score (nSPS) is 23.0. The van der Waals surface area contributed by atoms with Gasteiger partial charge in [0.05, 0.1) is 14.2 Å². The molecule has 3 rings (SSSR count). The predicted molar refractivity (Wildman–Crippen MR) is 85.5 cm³/mol. The Morgan fingerprint density at radius 1 is 1.05 bits per heavy atom. The van der Waals surface area contributed by atoms with E-state index in [2.05, 4.69) is 6.07 Å². The molecule has 1 heterocycles. The number of hydrogen-bond donors (Lipinski definition) is 0. The number of carbonyl (C=O) groups is 1. The van der Waals surface area contributed by atoms with Crippen LogP contribution in [-0.4, -0.2) is 25.7 Å². The van der Waals surface area contributed by atoms with Gasteiger partial charge in [-0.15, -0.1) is 0 Å². The van der Waals surface area contributed by atoms with Gasteiger partial charge in [-0.1, -0.05) is 0 Å². The molecule has 0 N–H and O–H groups in total. The number of ether oxygens (including phenoxy) is 2. The summed E-state index contributed by atoms with van der Waals surface area (Å²) in [5.74, 6) is 1.23. The summed E-state index contributed by atoms with van der Waals surface area (Å²) in [7, 11) is 3.22. The number of fused-ring (bicyclic) bond motifs is 2. The molecule has 2 aliphatic rings.